The van der Waals surface area contributed by atoms with Gasteiger partial charge >= 0.3 is 0 Å². The van der Waals surface area contributed by atoms with Crippen LogP contribution >= 0.6 is 0 Å². The molecule has 2 aliphatic rings. The molecule has 0 saturated carbocycles. The zero-order valence-corrected chi connectivity index (χ0v) is 12.7. The van der Waals surface area contributed by atoms with Crippen LogP contribution in [0.5, 0.6) is 0 Å². The molecule has 21 heavy (non-hydrogen) atoms. The largest absolute Gasteiger partial charge is 0.289 e. The Morgan fingerprint density at radius 1 is 1.10 bits per heavy atom. The molecule has 112 valence electrons. The Morgan fingerprint density at radius 2 is 1.81 bits per heavy atom. The van der Waals surface area contributed by atoms with Gasteiger partial charge < -0.3 is 0 Å². The lowest BCUT2D eigenvalue weighted by molar-refractivity contribution is -0.123. The number of rotatable bonds is 2. The van der Waals surface area contributed by atoms with E-state index in [1.165, 1.54) is 11.3 Å². The van der Waals surface area contributed by atoms with Crippen LogP contribution in [0.4, 0.5) is 5.69 Å². The molecule has 0 spiro atoms. The van der Waals surface area contributed by atoms with Crippen molar-refractivity contribution in [3.8, 4) is 0 Å². The van der Waals surface area contributed by atoms with E-state index in [4.69, 9.17) is 0 Å². The normalized spacial score (nSPS) is 27.4. The number of amides is 2. The molecule has 0 radical (unpaired) electrons. The maximum Gasteiger partial charge on any atom is 0.251 e. The molecule has 2 atom stereocenters. The summed E-state index contributed by atoms with van der Waals surface area (Å²) in [6.07, 6.45) is 3.76. The zero-order valence-electron chi connectivity index (χ0n) is 12.7. The number of anilines is 1. The van der Waals surface area contributed by atoms with Crippen LogP contribution in [0.2, 0.25) is 0 Å². The third-order valence-electron chi connectivity index (χ3n) is 4.67. The first-order chi connectivity index (χ1) is 10.1. The molecule has 0 aromatic heterocycles. The van der Waals surface area contributed by atoms with Crippen LogP contribution in [0.15, 0.2) is 24.3 Å². The maximum atomic E-state index is 12.7. The summed E-state index contributed by atoms with van der Waals surface area (Å²) in [5, 5.41) is 0. The number of likely N-dealkylation sites (tertiary alicyclic amines) is 1. The minimum atomic E-state index is -0.269. The number of aryl methyl sites for hydroxylation is 1. The van der Waals surface area contributed by atoms with Gasteiger partial charge in [-0.15, -0.1) is 0 Å². The van der Waals surface area contributed by atoms with Gasteiger partial charge in [-0.2, -0.15) is 0 Å². The quantitative estimate of drug-likeness (QED) is 0.784. The molecule has 0 bridgehead atoms. The summed E-state index contributed by atoms with van der Waals surface area (Å²) in [4.78, 5) is 28.6. The Bertz CT molecular complexity index is 552. The number of piperidine rings is 1. The van der Waals surface area contributed by atoms with E-state index in [0.29, 0.717) is 18.2 Å². The third-order valence-corrected chi connectivity index (χ3v) is 4.67. The number of hydrogen-bond donors (Lipinski definition) is 0. The van der Waals surface area contributed by atoms with Gasteiger partial charge in [0.2, 0.25) is 5.91 Å². The predicted octanol–water partition coefficient (Wildman–Crippen LogP) is 2.50. The number of nitrogens with zero attached hydrogens (tertiary/aromatic N) is 2. The summed E-state index contributed by atoms with van der Waals surface area (Å²) in [7, 11) is 0. The molecule has 2 amide bonds. The van der Waals surface area contributed by atoms with Crippen molar-refractivity contribution < 1.29 is 9.59 Å². The average molecular weight is 286 g/mol. The second kappa shape index (κ2) is 5.60. The topological polar surface area (TPSA) is 40.6 Å². The number of benzene rings is 1. The Labute approximate surface area is 125 Å². The van der Waals surface area contributed by atoms with Crippen LogP contribution in [0.25, 0.3) is 0 Å². The van der Waals surface area contributed by atoms with Crippen LogP contribution in [-0.2, 0) is 9.59 Å². The van der Waals surface area contributed by atoms with Crippen LogP contribution < -0.4 is 4.90 Å². The van der Waals surface area contributed by atoms with Gasteiger partial charge in [-0.25, -0.2) is 4.90 Å². The molecular weight excluding hydrogens is 264 g/mol. The first-order valence-corrected chi connectivity index (χ1v) is 7.77. The highest BCUT2D eigenvalue weighted by Crippen LogP contribution is 2.29. The van der Waals surface area contributed by atoms with Crippen LogP contribution in [0.3, 0.4) is 0 Å². The minimum Gasteiger partial charge on any atom is -0.289 e. The van der Waals surface area contributed by atoms with Gasteiger partial charge in [0.15, 0.2) is 0 Å². The lowest BCUT2D eigenvalue weighted by Gasteiger charge is -2.36. The van der Waals surface area contributed by atoms with Gasteiger partial charge in [-0.05, 0) is 45.4 Å². The SMILES string of the molecule is Cc1ccc(N2C(=O)C[C@@H](N3CCCC[C@@H]3C)C2=O)cc1. The van der Waals surface area contributed by atoms with Crippen molar-refractivity contribution in [3.63, 3.8) is 0 Å². The van der Waals surface area contributed by atoms with Crippen molar-refractivity contribution in [2.75, 3.05) is 11.4 Å². The molecule has 0 unspecified atom stereocenters. The van der Waals surface area contributed by atoms with E-state index in [9.17, 15) is 9.59 Å². The number of carbonyl (C=O) groups excluding carboxylic acids is 2. The molecule has 1 aromatic carbocycles. The standard InChI is InChI=1S/C17H22N2O2/c1-12-6-8-14(9-7-12)19-16(20)11-15(17(19)21)18-10-4-3-5-13(18)2/h6-9,13,15H,3-5,10-11H2,1-2H3/t13-,15+/m0/s1. The second-order valence-corrected chi connectivity index (χ2v) is 6.21. The molecule has 4 heteroatoms. The van der Waals surface area contributed by atoms with Crippen LogP contribution in [0, 0.1) is 6.92 Å². The van der Waals surface area contributed by atoms with Crippen molar-refractivity contribution >= 4 is 17.5 Å². The van der Waals surface area contributed by atoms with Gasteiger partial charge in [0, 0.05) is 6.04 Å². The van der Waals surface area contributed by atoms with E-state index in [0.717, 1.165) is 24.9 Å². The van der Waals surface area contributed by atoms with E-state index >= 15 is 0 Å². The smallest absolute Gasteiger partial charge is 0.251 e. The van der Waals surface area contributed by atoms with Crippen LogP contribution in [0.1, 0.15) is 38.2 Å². The minimum absolute atomic E-state index is 0.0578. The summed E-state index contributed by atoms with van der Waals surface area (Å²) in [6, 6.07) is 7.70. The third kappa shape index (κ3) is 2.60. The summed E-state index contributed by atoms with van der Waals surface area (Å²) in [6.45, 7) is 5.08. The molecule has 3 rings (SSSR count). The van der Waals surface area contributed by atoms with Gasteiger partial charge in [0.25, 0.3) is 5.91 Å². The van der Waals surface area contributed by atoms with Crippen molar-refractivity contribution in [1.29, 1.82) is 0 Å². The molecule has 1 aromatic rings. The molecule has 2 fully saturated rings. The first-order valence-electron chi connectivity index (χ1n) is 7.77. The zero-order chi connectivity index (χ0) is 15.0. The van der Waals surface area contributed by atoms with E-state index in [1.807, 2.05) is 31.2 Å². The van der Waals surface area contributed by atoms with E-state index in [1.54, 1.807) is 0 Å². The fourth-order valence-electron chi connectivity index (χ4n) is 3.42. The lowest BCUT2D eigenvalue weighted by atomic mass is 10.0. The van der Waals surface area contributed by atoms with Gasteiger partial charge in [0.1, 0.15) is 0 Å². The molecule has 2 heterocycles. The maximum absolute atomic E-state index is 12.7. The highest BCUT2D eigenvalue weighted by Gasteiger charge is 2.44. The van der Waals surface area contributed by atoms with Gasteiger partial charge in [-0.3, -0.25) is 14.5 Å². The van der Waals surface area contributed by atoms with E-state index < -0.39 is 0 Å². The molecule has 4 nitrogen and oxygen atoms in total. The summed E-state index contributed by atoms with van der Waals surface area (Å²) in [5.74, 6) is -0.135. The first kappa shape index (κ1) is 14.3. The van der Waals surface area contributed by atoms with Crippen molar-refractivity contribution in [2.45, 2.75) is 51.6 Å². The Balaban J connectivity index is 1.83. The highest BCUT2D eigenvalue weighted by atomic mass is 16.2. The fourth-order valence-corrected chi connectivity index (χ4v) is 3.42. The van der Waals surface area contributed by atoms with Gasteiger partial charge in [0.05, 0.1) is 18.2 Å². The van der Waals surface area contributed by atoms with Crippen molar-refractivity contribution in [2.24, 2.45) is 0 Å². The number of imide groups is 1. The number of carbonyl (C=O) groups is 2. The molecular formula is C17H22N2O2. The predicted molar refractivity (Wildman–Crippen MR) is 82.1 cm³/mol. The van der Waals surface area contributed by atoms with Crippen molar-refractivity contribution in [3.05, 3.63) is 29.8 Å². The lowest BCUT2D eigenvalue weighted by Crippen LogP contribution is -2.48. The Morgan fingerprint density at radius 3 is 2.48 bits per heavy atom. The van der Waals surface area contributed by atoms with Gasteiger partial charge in [-0.1, -0.05) is 24.1 Å². The van der Waals surface area contributed by atoms with Crippen LogP contribution in [-0.4, -0.2) is 35.3 Å². The molecule has 2 aliphatic heterocycles. The number of hydrogen-bond acceptors (Lipinski definition) is 3. The molecule has 0 N–H and O–H groups in total. The average Bonchev–Trinajstić information content (AvgIpc) is 2.76. The summed E-state index contributed by atoms with van der Waals surface area (Å²) >= 11 is 0. The Kier molecular flexibility index (Phi) is 3.81. The molecule has 0 aliphatic carbocycles. The highest BCUT2D eigenvalue weighted by molar-refractivity contribution is 6.22. The Hall–Kier alpha value is -1.68. The summed E-state index contributed by atoms with van der Waals surface area (Å²) in [5.41, 5.74) is 1.82. The van der Waals surface area contributed by atoms with E-state index in [2.05, 4.69) is 11.8 Å². The second-order valence-electron chi connectivity index (χ2n) is 6.21. The van der Waals surface area contributed by atoms with Crippen molar-refractivity contribution in [1.82, 2.24) is 4.90 Å². The summed E-state index contributed by atoms with van der Waals surface area (Å²) < 4.78 is 0. The van der Waals surface area contributed by atoms with E-state index in [-0.39, 0.29) is 17.9 Å². The fraction of sp³-hybridized carbons (Fsp3) is 0.529. The monoisotopic (exact) mass is 286 g/mol. The molecule has 2 saturated heterocycles.